The standard InChI is InChI=1S/C15H18FN3.ClH/c16-14-6-12-2-1-4-18-15(12)13(7-14)10-19-5-3-11(8-17)9-19;/h1-2,4,6-7,11H,3,5,8-10,17H2;1H. The van der Waals surface area contributed by atoms with Gasteiger partial charge in [-0.2, -0.15) is 0 Å². The summed E-state index contributed by atoms with van der Waals surface area (Å²) in [7, 11) is 0. The Morgan fingerprint density at radius 2 is 2.25 bits per heavy atom. The largest absolute Gasteiger partial charge is 0.330 e. The first-order valence-corrected chi connectivity index (χ1v) is 6.72. The Balaban J connectivity index is 0.00000147. The van der Waals surface area contributed by atoms with E-state index in [1.807, 2.05) is 12.1 Å². The zero-order valence-corrected chi connectivity index (χ0v) is 12.1. The molecule has 3 nitrogen and oxygen atoms in total. The number of hydrogen-bond acceptors (Lipinski definition) is 3. The molecular weight excluding hydrogens is 277 g/mol. The quantitative estimate of drug-likeness (QED) is 0.946. The number of nitrogens with zero attached hydrogens (tertiary/aromatic N) is 2. The molecule has 1 aliphatic rings. The van der Waals surface area contributed by atoms with Gasteiger partial charge in [0.15, 0.2) is 0 Å². The molecule has 0 bridgehead atoms. The normalized spacial score (nSPS) is 19.2. The first-order chi connectivity index (χ1) is 9.26. The van der Waals surface area contributed by atoms with Crippen LogP contribution in [-0.2, 0) is 6.54 Å². The fourth-order valence-corrected chi connectivity index (χ4v) is 2.84. The molecule has 1 aromatic carbocycles. The zero-order chi connectivity index (χ0) is 13.2. The molecule has 0 radical (unpaired) electrons. The van der Waals surface area contributed by atoms with E-state index in [1.165, 1.54) is 0 Å². The van der Waals surface area contributed by atoms with E-state index in [2.05, 4.69) is 9.88 Å². The van der Waals surface area contributed by atoms with Gasteiger partial charge in [0.05, 0.1) is 5.52 Å². The lowest BCUT2D eigenvalue weighted by molar-refractivity contribution is 0.318. The monoisotopic (exact) mass is 295 g/mol. The second-order valence-electron chi connectivity index (χ2n) is 5.27. The number of rotatable bonds is 3. The summed E-state index contributed by atoms with van der Waals surface area (Å²) in [5, 5.41) is 0.868. The number of nitrogens with two attached hydrogens (primary N) is 1. The summed E-state index contributed by atoms with van der Waals surface area (Å²) in [4.78, 5) is 6.72. The molecule has 5 heteroatoms. The summed E-state index contributed by atoms with van der Waals surface area (Å²) in [5.74, 6) is 0.387. The van der Waals surface area contributed by atoms with Gasteiger partial charge in [-0.25, -0.2) is 4.39 Å². The Kier molecular flexibility index (Phi) is 4.91. The van der Waals surface area contributed by atoms with E-state index in [-0.39, 0.29) is 18.2 Å². The van der Waals surface area contributed by atoms with Crippen LogP contribution in [0.3, 0.4) is 0 Å². The predicted molar refractivity (Wildman–Crippen MR) is 81.4 cm³/mol. The molecule has 2 aromatic rings. The highest BCUT2D eigenvalue weighted by atomic mass is 35.5. The number of hydrogen-bond donors (Lipinski definition) is 1. The van der Waals surface area contributed by atoms with E-state index < -0.39 is 0 Å². The molecular formula is C15H19ClFN3. The molecule has 0 spiro atoms. The van der Waals surface area contributed by atoms with E-state index >= 15 is 0 Å². The van der Waals surface area contributed by atoms with Gasteiger partial charge in [-0.3, -0.25) is 9.88 Å². The van der Waals surface area contributed by atoms with Crippen LogP contribution in [0.4, 0.5) is 4.39 Å². The van der Waals surface area contributed by atoms with Crippen LogP contribution in [0.5, 0.6) is 0 Å². The molecule has 1 aromatic heterocycles. The van der Waals surface area contributed by atoms with Gasteiger partial charge in [0, 0.05) is 24.7 Å². The van der Waals surface area contributed by atoms with E-state index in [4.69, 9.17) is 5.73 Å². The molecule has 2 N–H and O–H groups in total. The van der Waals surface area contributed by atoms with E-state index in [1.54, 1.807) is 18.3 Å². The second kappa shape index (κ2) is 6.48. The molecule has 0 aliphatic carbocycles. The Labute approximate surface area is 124 Å². The summed E-state index contributed by atoms with van der Waals surface area (Å²) in [6.07, 6.45) is 2.90. The summed E-state index contributed by atoms with van der Waals surface area (Å²) in [6, 6.07) is 6.89. The van der Waals surface area contributed by atoms with Crippen LogP contribution in [0.1, 0.15) is 12.0 Å². The fraction of sp³-hybridized carbons (Fsp3) is 0.400. The van der Waals surface area contributed by atoms with Gasteiger partial charge in [-0.1, -0.05) is 6.07 Å². The maximum Gasteiger partial charge on any atom is 0.124 e. The average Bonchev–Trinajstić information content (AvgIpc) is 2.86. The Bertz CT molecular complexity index is 590. The summed E-state index contributed by atoms with van der Waals surface area (Å²) in [6.45, 7) is 3.52. The van der Waals surface area contributed by atoms with Crippen molar-refractivity contribution in [2.45, 2.75) is 13.0 Å². The molecule has 0 saturated carbocycles. The molecule has 2 heterocycles. The van der Waals surface area contributed by atoms with Gasteiger partial charge in [0.2, 0.25) is 0 Å². The molecule has 20 heavy (non-hydrogen) atoms. The summed E-state index contributed by atoms with van der Waals surface area (Å²) in [5.41, 5.74) is 7.57. The predicted octanol–water partition coefficient (Wildman–Crippen LogP) is 2.58. The summed E-state index contributed by atoms with van der Waals surface area (Å²) >= 11 is 0. The molecule has 3 rings (SSSR count). The van der Waals surface area contributed by atoms with Crippen molar-refractivity contribution in [1.82, 2.24) is 9.88 Å². The van der Waals surface area contributed by atoms with Gasteiger partial charge < -0.3 is 5.73 Å². The number of halogens is 2. The van der Waals surface area contributed by atoms with Gasteiger partial charge in [-0.05, 0) is 49.2 Å². The van der Waals surface area contributed by atoms with Gasteiger partial charge >= 0.3 is 0 Å². The zero-order valence-electron chi connectivity index (χ0n) is 11.3. The number of fused-ring (bicyclic) bond motifs is 1. The van der Waals surface area contributed by atoms with Crippen molar-refractivity contribution in [1.29, 1.82) is 0 Å². The Hall–Kier alpha value is -1.23. The maximum atomic E-state index is 13.6. The minimum Gasteiger partial charge on any atom is -0.330 e. The van der Waals surface area contributed by atoms with Crippen LogP contribution >= 0.6 is 12.4 Å². The molecule has 0 amide bonds. The van der Waals surface area contributed by atoms with Crippen LogP contribution in [0.15, 0.2) is 30.5 Å². The Morgan fingerprint density at radius 1 is 1.40 bits per heavy atom. The van der Waals surface area contributed by atoms with Crippen LogP contribution < -0.4 is 5.73 Å². The topological polar surface area (TPSA) is 42.1 Å². The third-order valence-electron chi connectivity index (χ3n) is 3.85. The van der Waals surface area contributed by atoms with Crippen LogP contribution in [-0.4, -0.2) is 29.5 Å². The van der Waals surface area contributed by atoms with Crippen molar-refractivity contribution >= 4 is 23.3 Å². The van der Waals surface area contributed by atoms with E-state index in [0.717, 1.165) is 49.1 Å². The van der Waals surface area contributed by atoms with Gasteiger partial charge in [0.1, 0.15) is 5.82 Å². The highest BCUT2D eigenvalue weighted by molar-refractivity contribution is 5.85. The van der Waals surface area contributed by atoms with Crippen molar-refractivity contribution in [3.05, 3.63) is 41.8 Å². The highest BCUT2D eigenvalue weighted by Gasteiger charge is 2.21. The van der Waals surface area contributed by atoms with Crippen molar-refractivity contribution in [3.8, 4) is 0 Å². The minimum atomic E-state index is -0.190. The molecule has 1 fully saturated rings. The summed E-state index contributed by atoms with van der Waals surface area (Å²) < 4.78 is 13.6. The van der Waals surface area contributed by atoms with Crippen LogP contribution in [0.25, 0.3) is 10.9 Å². The van der Waals surface area contributed by atoms with E-state index in [0.29, 0.717) is 5.92 Å². The first kappa shape index (κ1) is 15.2. The maximum absolute atomic E-state index is 13.6. The van der Waals surface area contributed by atoms with Gasteiger partial charge in [-0.15, -0.1) is 12.4 Å². The number of aromatic nitrogens is 1. The second-order valence-corrected chi connectivity index (χ2v) is 5.27. The smallest absolute Gasteiger partial charge is 0.124 e. The highest BCUT2D eigenvalue weighted by Crippen LogP contribution is 2.23. The minimum absolute atomic E-state index is 0. The fourth-order valence-electron chi connectivity index (χ4n) is 2.84. The Morgan fingerprint density at radius 3 is 3.00 bits per heavy atom. The van der Waals surface area contributed by atoms with Crippen molar-refractivity contribution in [3.63, 3.8) is 0 Å². The molecule has 1 saturated heterocycles. The lowest BCUT2D eigenvalue weighted by Gasteiger charge is -2.16. The molecule has 1 unspecified atom stereocenters. The van der Waals surface area contributed by atoms with E-state index in [9.17, 15) is 4.39 Å². The average molecular weight is 296 g/mol. The number of benzene rings is 1. The third-order valence-corrected chi connectivity index (χ3v) is 3.85. The van der Waals surface area contributed by atoms with Crippen molar-refractivity contribution in [2.75, 3.05) is 19.6 Å². The SMILES string of the molecule is Cl.NCC1CCN(Cc2cc(F)cc3cccnc23)C1. The molecule has 1 aliphatic heterocycles. The van der Waals surface area contributed by atoms with Crippen LogP contribution in [0, 0.1) is 11.7 Å². The first-order valence-electron chi connectivity index (χ1n) is 6.72. The number of likely N-dealkylation sites (tertiary alicyclic amines) is 1. The van der Waals surface area contributed by atoms with Gasteiger partial charge in [0.25, 0.3) is 0 Å². The van der Waals surface area contributed by atoms with Crippen LogP contribution in [0.2, 0.25) is 0 Å². The molecule has 1 atom stereocenters. The van der Waals surface area contributed by atoms with Crippen molar-refractivity contribution < 1.29 is 4.39 Å². The molecule has 108 valence electrons. The third kappa shape index (κ3) is 3.08. The lowest BCUT2D eigenvalue weighted by Crippen LogP contribution is -2.23. The lowest BCUT2D eigenvalue weighted by atomic mass is 10.1. The number of pyridine rings is 1. The van der Waals surface area contributed by atoms with Crippen molar-refractivity contribution in [2.24, 2.45) is 11.7 Å².